The number of hydrogen-bond acceptors (Lipinski definition) is 5. The topological polar surface area (TPSA) is 113 Å². The summed E-state index contributed by atoms with van der Waals surface area (Å²) in [5, 5.41) is 19.6. The number of aryl methyl sites for hydroxylation is 1. The molecule has 0 fully saturated rings. The highest BCUT2D eigenvalue weighted by atomic mass is 32.2. The van der Waals surface area contributed by atoms with Crippen LogP contribution in [0, 0.1) is 28.4 Å². The predicted molar refractivity (Wildman–Crippen MR) is 72.5 cm³/mol. The van der Waals surface area contributed by atoms with Gasteiger partial charge in [0.15, 0.2) is 4.90 Å². The van der Waals surface area contributed by atoms with Gasteiger partial charge in [-0.1, -0.05) is 19.1 Å². The van der Waals surface area contributed by atoms with Crippen LogP contribution in [-0.4, -0.2) is 19.4 Å². The summed E-state index contributed by atoms with van der Waals surface area (Å²) in [5.41, 5.74) is -0.178. The van der Waals surface area contributed by atoms with Crippen LogP contribution >= 0.6 is 0 Å². The first-order valence-corrected chi connectivity index (χ1v) is 7.45. The Morgan fingerprint density at radius 3 is 2.65 bits per heavy atom. The quantitative estimate of drug-likeness (QED) is 0.636. The predicted octanol–water partition coefficient (Wildman–Crippen LogP) is 1.87. The molecule has 0 aliphatic rings. The van der Waals surface area contributed by atoms with Gasteiger partial charge in [0, 0.05) is 12.1 Å². The maximum atomic E-state index is 12.3. The third kappa shape index (κ3) is 3.53. The minimum absolute atomic E-state index is 0.00933. The molecule has 1 atom stereocenters. The SMILES string of the molecule is CCC(CC#N)NS(=O)(=O)c1c(C)cccc1[N+](=O)[O-]. The monoisotopic (exact) mass is 297 g/mol. The number of nitriles is 1. The summed E-state index contributed by atoms with van der Waals surface area (Å²) in [7, 11) is -4.04. The summed E-state index contributed by atoms with van der Waals surface area (Å²) in [6, 6.07) is 5.39. The van der Waals surface area contributed by atoms with Gasteiger partial charge in [-0.05, 0) is 18.9 Å². The molecule has 8 heteroatoms. The van der Waals surface area contributed by atoms with E-state index in [1.807, 2.05) is 6.07 Å². The molecule has 0 radical (unpaired) electrons. The third-order valence-corrected chi connectivity index (χ3v) is 4.52. The minimum atomic E-state index is -4.04. The fraction of sp³-hybridized carbons (Fsp3) is 0.417. The van der Waals surface area contributed by atoms with Crippen molar-refractivity contribution >= 4 is 15.7 Å². The number of rotatable bonds is 6. The van der Waals surface area contributed by atoms with Crippen molar-refractivity contribution in [2.75, 3.05) is 0 Å². The normalized spacial score (nSPS) is 12.7. The third-order valence-electron chi connectivity index (χ3n) is 2.81. The first-order chi connectivity index (χ1) is 9.33. The van der Waals surface area contributed by atoms with Crippen LogP contribution in [0.4, 0.5) is 5.69 Å². The molecule has 108 valence electrons. The maximum absolute atomic E-state index is 12.3. The van der Waals surface area contributed by atoms with Crippen molar-refractivity contribution in [2.45, 2.75) is 37.6 Å². The fourth-order valence-electron chi connectivity index (χ4n) is 1.79. The molecule has 0 saturated heterocycles. The average molecular weight is 297 g/mol. The van der Waals surface area contributed by atoms with Crippen LogP contribution in [0.2, 0.25) is 0 Å². The Morgan fingerprint density at radius 2 is 2.15 bits per heavy atom. The summed E-state index contributed by atoms with van der Waals surface area (Å²) >= 11 is 0. The Bertz CT molecular complexity index is 649. The van der Waals surface area contributed by atoms with Gasteiger partial charge in [0.2, 0.25) is 10.0 Å². The molecule has 0 aromatic heterocycles. The van der Waals surface area contributed by atoms with Gasteiger partial charge in [0.1, 0.15) is 0 Å². The van der Waals surface area contributed by atoms with E-state index in [-0.39, 0.29) is 11.3 Å². The van der Waals surface area contributed by atoms with Crippen LogP contribution in [0.3, 0.4) is 0 Å². The molecule has 0 amide bonds. The highest BCUT2D eigenvalue weighted by Crippen LogP contribution is 2.27. The van der Waals surface area contributed by atoms with Crippen LogP contribution < -0.4 is 4.72 Å². The first kappa shape index (κ1) is 16.1. The molecule has 20 heavy (non-hydrogen) atoms. The van der Waals surface area contributed by atoms with Gasteiger partial charge in [-0.25, -0.2) is 13.1 Å². The van der Waals surface area contributed by atoms with Crippen molar-refractivity contribution in [3.63, 3.8) is 0 Å². The van der Waals surface area contributed by atoms with E-state index in [2.05, 4.69) is 4.72 Å². The largest absolute Gasteiger partial charge is 0.289 e. The summed E-state index contributed by atoms with van der Waals surface area (Å²) < 4.78 is 26.9. The number of hydrogen-bond donors (Lipinski definition) is 1. The van der Waals surface area contributed by atoms with Crippen LogP contribution in [0.1, 0.15) is 25.3 Å². The van der Waals surface area contributed by atoms with Crippen LogP contribution in [0.15, 0.2) is 23.1 Å². The molecular formula is C12H15N3O4S. The van der Waals surface area contributed by atoms with Crippen molar-refractivity contribution in [3.05, 3.63) is 33.9 Å². The standard InChI is InChI=1S/C12H15N3O4S/c1-3-10(7-8-13)14-20(18,19)12-9(2)5-4-6-11(12)15(16)17/h4-6,10,14H,3,7H2,1-2H3. The molecule has 7 nitrogen and oxygen atoms in total. The Kier molecular flexibility index (Phi) is 5.19. The van der Waals surface area contributed by atoms with Gasteiger partial charge in [-0.15, -0.1) is 0 Å². The van der Waals surface area contributed by atoms with Crippen LogP contribution in [0.25, 0.3) is 0 Å². The lowest BCUT2D eigenvalue weighted by molar-refractivity contribution is -0.387. The van der Waals surface area contributed by atoms with Gasteiger partial charge in [-0.3, -0.25) is 10.1 Å². The van der Waals surface area contributed by atoms with Gasteiger partial charge in [0.25, 0.3) is 5.69 Å². The molecule has 0 spiro atoms. The number of nitro benzene ring substituents is 1. The minimum Gasteiger partial charge on any atom is -0.258 e. The smallest absolute Gasteiger partial charge is 0.258 e. The molecule has 1 aromatic rings. The van der Waals surface area contributed by atoms with E-state index in [0.717, 1.165) is 6.07 Å². The Morgan fingerprint density at radius 1 is 1.50 bits per heavy atom. The summed E-state index contributed by atoms with van der Waals surface area (Å²) in [4.78, 5) is 9.89. The van der Waals surface area contributed by atoms with Crippen molar-refractivity contribution in [3.8, 4) is 6.07 Å². The lowest BCUT2D eigenvalue weighted by Crippen LogP contribution is -2.34. The summed E-state index contributed by atoms with van der Waals surface area (Å²) in [6.45, 7) is 3.23. The number of nitrogens with one attached hydrogen (secondary N) is 1. The molecule has 0 aliphatic carbocycles. The van der Waals surface area contributed by atoms with E-state index < -0.39 is 26.7 Å². The van der Waals surface area contributed by atoms with Crippen LogP contribution in [0.5, 0.6) is 0 Å². The van der Waals surface area contributed by atoms with Gasteiger partial charge in [0.05, 0.1) is 17.4 Å². The summed E-state index contributed by atoms with van der Waals surface area (Å²) in [5.74, 6) is 0. The van der Waals surface area contributed by atoms with Gasteiger partial charge < -0.3 is 0 Å². The molecule has 0 saturated carbocycles. The number of benzene rings is 1. The zero-order valence-corrected chi connectivity index (χ0v) is 12.0. The van der Waals surface area contributed by atoms with Crippen LogP contribution in [-0.2, 0) is 10.0 Å². The lowest BCUT2D eigenvalue weighted by atomic mass is 10.2. The van der Waals surface area contributed by atoms with E-state index in [1.165, 1.54) is 19.1 Å². The Balaban J connectivity index is 3.29. The lowest BCUT2D eigenvalue weighted by Gasteiger charge is -2.15. The summed E-state index contributed by atoms with van der Waals surface area (Å²) in [6.07, 6.45) is 0.432. The Labute approximate surface area is 117 Å². The highest BCUT2D eigenvalue weighted by molar-refractivity contribution is 7.89. The van der Waals surface area contributed by atoms with Crippen molar-refractivity contribution in [1.29, 1.82) is 5.26 Å². The molecule has 1 unspecified atom stereocenters. The molecule has 0 bridgehead atoms. The second-order valence-electron chi connectivity index (χ2n) is 4.27. The first-order valence-electron chi connectivity index (χ1n) is 5.96. The molecular weight excluding hydrogens is 282 g/mol. The molecule has 0 heterocycles. The average Bonchev–Trinajstić information content (AvgIpc) is 2.37. The van der Waals surface area contributed by atoms with E-state index in [0.29, 0.717) is 12.0 Å². The fourth-order valence-corrected chi connectivity index (χ4v) is 3.50. The van der Waals surface area contributed by atoms with E-state index in [9.17, 15) is 18.5 Å². The van der Waals surface area contributed by atoms with Crippen molar-refractivity contribution in [1.82, 2.24) is 4.72 Å². The van der Waals surface area contributed by atoms with Gasteiger partial charge in [-0.2, -0.15) is 5.26 Å². The van der Waals surface area contributed by atoms with E-state index >= 15 is 0 Å². The Hall–Kier alpha value is -1.98. The van der Waals surface area contributed by atoms with E-state index in [4.69, 9.17) is 5.26 Å². The molecule has 1 aromatic carbocycles. The van der Waals surface area contributed by atoms with E-state index in [1.54, 1.807) is 6.92 Å². The molecule has 0 aliphatic heterocycles. The highest BCUT2D eigenvalue weighted by Gasteiger charge is 2.29. The van der Waals surface area contributed by atoms with Crippen molar-refractivity contribution < 1.29 is 13.3 Å². The second kappa shape index (κ2) is 6.45. The molecule has 1 rings (SSSR count). The zero-order valence-electron chi connectivity index (χ0n) is 11.2. The number of nitro groups is 1. The number of sulfonamides is 1. The van der Waals surface area contributed by atoms with Crippen molar-refractivity contribution in [2.24, 2.45) is 0 Å². The zero-order chi connectivity index (χ0) is 15.3. The maximum Gasteiger partial charge on any atom is 0.289 e. The van der Waals surface area contributed by atoms with Gasteiger partial charge >= 0.3 is 0 Å². The second-order valence-corrected chi connectivity index (χ2v) is 5.92. The molecule has 1 N–H and O–H groups in total. The number of nitrogens with zero attached hydrogens (tertiary/aromatic N) is 2.